The van der Waals surface area contributed by atoms with Crippen molar-refractivity contribution in [3.05, 3.63) is 58.0 Å². The van der Waals surface area contributed by atoms with E-state index in [1.54, 1.807) is 24.3 Å². The van der Waals surface area contributed by atoms with Crippen LogP contribution in [0, 0.1) is 11.8 Å². The van der Waals surface area contributed by atoms with Crippen LogP contribution in [0.15, 0.2) is 36.4 Å². The Bertz CT molecular complexity index is 933. The number of aryl methyl sites for hydroxylation is 1. The van der Waals surface area contributed by atoms with Gasteiger partial charge in [-0.2, -0.15) is 0 Å². The highest BCUT2D eigenvalue weighted by Crippen LogP contribution is 2.36. The molecule has 0 saturated heterocycles. The molecule has 0 atom stereocenters. The van der Waals surface area contributed by atoms with Crippen LogP contribution in [0.1, 0.15) is 27.9 Å². The van der Waals surface area contributed by atoms with E-state index < -0.39 is 43.4 Å². The molecule has 10 heteroatoms. The number of hydrogen-bond acceptors (Lipinski definition) is 6. The van der Waals surface area contributed by atoms with E-state index in [9.17, 15) is 24.2 Å². The van der Waals surface area contributed by atoms with Crippen LogP contribution in [0.3, 0.4) is 0 Å². The zero-order valence-electron chi connectivity index (χ0n) is 14.2. The number of ether oxygens (including phenoxy) is 1. The van der Waals surface area contributed by atoms with Gasteiger partial charge in [0, 0.05) is 27.3 Å². The molecule has 0 heterocycles. The predicted octanol–water partition coefficient (Wildman–Crippen LogP) is 0.883. The summed E-state index contributed by atoms with van der Waals surface area (Å²) < 4.78 is 15.7. The van der Waals surface area contributed by atoms with Gasteiger partial charge in [0.25, 0.3) is 5.69 Å². The fourth-order valence-corrected chi connectivity index (χ4v) is 2.65. The van der Waals surface area contributed by atoms with Crippen LogP contribution >= 0.6 is 7.60 Å². The van der Waals surface area contributed by atoms with Gasteiger partial charge < -0.3 is 19.6 Å². The number of phenols is 1. The topological polar surface area (TPSA) is 152 Å². The number of carbonyl (C=O) groups excluding carboxylic acids is 2. The zero-order valence-corrected chi connectivity index (χ0v) is 15.1. The van der Waals surface area contributed by atoms with Crippen LogP contribution in [0.2, 0.25) is 0 Å². The smallest absolute Gasteiger partial charge is 0.326 e. The standard InChI is InChI=1S/C17H16NO8P/c1-10-2-4-11(5-3-10)16(20)12-8-13(18-22)17(21)14(9-12)26-15(19)6-7-27(23,24)25/h2-5,8-9,21H,6-7H2,1H3,(H2,23,24,25)/p+1. The van der Waals surface area contributed by atoms with Crippen molar-refractivity contribution < 1.29 is 39.0 Å². The summed E-state index contributed by atoms with van der Waals surface area (Å²) in [5, 5.41) is 11.4. The van der Waals surface area contributed by atoms with Crippen molar-refractivity contribution in [3.63, 3.8) is 0 Å². The summed E-state index contributed by atoms with van der Waals surface area (Å²) >= 11 is 0. The molecule has 142 valence electrons. The van der Waals surface area contributed by atoms with Crippen LogP contribution in [0.5, 0.6) is 11.5 Å². The second kappa shape index (κ2) is 8.22. The van der Waals surface area contributed by atoms with Gasteiger partial charge in [-0.25, -0.2) is 0 Å². The maximum absolute atomic E-state index is 12.6. The normalized spacial score (nSPS) is 11.1. The highest BCUT2D eigenvalue weighted by molar-refractivity contribution is 7.51. The lowest BCUT2D eigenvalue weighted by molar-refractivity contribution is -0.380. The highest BCUT2D eigenvalue weighted by atomic mass is 31.2. The summed E-state index contributed by atoms with van der Waals surface area (Å²) in [6.45, 7) is 1.85. The molecule has 0 aliphatic rings. The maximum Gasteiger partial charge on any atom is 0.326 e. The first-order valence-electron chi connectivity index (χ1n) is 7.72. The Morgan fingerprint density at radius 3 is 2.30 bits per heavy atom. The summed E-state index contributed by atoms with van der Waals surface area (Å²) in [5.41, 5.74) is 0.860. The molecule has 0 fully saturated rings. The van der Waals surface area contributed by atoms with Gasteiger partial charge >= 0.3 is 13.6 Å². The van der Waals surface area contributed by atoms with Crippen molar-refractivity contribution in [1.29, 1.82) is 0 Å². The first-order valence-corrected chi connectivity index (χ1v) is 9.52. The van der Waals surface area contributed by atoms with E-state index in [4.69, 9.17) is 14.5 Å². The van der Waals surface area contributed by atoms with Crippen molar-refractivity contribution in [1.82, 2.24) is 0 Å². The van der Waals surface area contributed by atoms with Gasteiger partial charge in [0.1, 0.15) is 0 Å². The van der Waals surface area contributed by atoms with Crippen molar-refractivity contribution in [2.75, 3.05) is 6.16 Å². The molecule has 2 aromatic carbocycles. The number of nitrogens with one attached hydrogen (secondary N) is 1. The molecule has 0 saturated carbocycles. The van der Waals surface area contributed by atoms with Crippen molar-refractivity contribution in [3.8, 4) is 11.5 Å². The van der Waals surface area contributed by atoms with Crippen LogP contribution < -0.4 is 9.91 Å². The van der Waals surface area contributed by atoms with Crippen LogP contribution in [-0.2, 0) is 9.36 Å². The lowest BCUT2D eigenvalue weighted by Gasteiger charge is -2.09. The zero-order chi connectivity index (χ0) is 20.2. The Hall–Kier alpha value is -2.87. The number of esters is 1. The largest absolute Gasteiger partial charge is 0.500 e. The molecule has 2 rings (SSSR count). The molecule has 4 N–H and O–H groups in total. The monoisotopic (exact) mass is 394 g/mol. The van der Waals surface area contributed by atoms with E-state index >= 15 is 0 Å². The molecule has 0 radical (unpaired) electrons. The minimum absolute atomic E-state index is 0.0206. The van der Waals surface area contributed by atoms with E-state index in [1.807, 2.05) is 6.92 Å². The van der Waals surface area contributed by atoms with Gasteiger partial charge in [-0.15, -0.1) is 0 Å². The Balaban J connectivity index is 2.32. The summed E-state index contributed by atoms with van der Waals surface area (Å²) in [7, 11) is -4.40. The van der Waals surface area contributed by atoms with Crippen molar-refractivity contribution >= 4 is 25.0 Å². The molecular formula is C17H17NO8P+. The van der Waals surface area contributed by atoms with E-state index in [2.05, 4.69) is 0 Å². The molecule has 0 bridgehead atoms. The quantitative estimate of drug-likeness (QED) is 0.178. The molecule has 0 spiro atoms. The summed E-state index contributed by atoms with van der Waals surface area (Å²) in [4.78, 5) is 52.9. The minimum Gasteiger partial charge on any atom is -0.500 e. The number of hydrogen-bond donors (Lipinski definition) is 4. The fraction of sp³-hybridized carbons (Fsp3) is 0.176. The number of rotatable bonds is 7. The maximum atomic E-state index is 12.6. The summed E-state index contributed by atoms with van der Waals surface area (Å²) in [5.74, 6) is -2.68. The van der Waals surface area contributed by atoms with E-state index in [0.717, 1.165) is 17.7 Å². The van der Waals surface area contributed by atoms with Crippen LogP contribution in [-0.4, -0.2) is 32.8 Å². The minimum atomic E-state index is -4.40. The number of phenolic OH excluding ortho intramolecular Hbond substituents is 1. The SMILES string of the molecule is Cc1ccc(C(=O)c2cc([NH+]=O)c(O)c(OC(=O)CCP(=O)(O)O)c2)cc1. The molecule has 27 heavy (non-hydrogen) atoms. The molecular weight excluding hydrogens is 377 g/mol. The average Bonchev–Trinajstić information content (AvgIpc) is 2.61. The number of nitroso groups, excluding NO2 is 1. The van der Waals surface area contributed by atoms with E-state index in [0.29, 0.717) is 5.56 Å². The fourth-order valence-electron chi connectivity index (χ4n) is 2.18. The third-order valence-corrected chi connectivity index (χ3v) is 4.40. The van der Waals surface area contributed by atoms with Gasteiger partial charge in [0.2, 0.25) is 5.75 Å². The van der Waals surface area contributed by atoms with Gasteiger partial charge in [0.05, 0.1) is 12.6 Å². The highest BCUT2D eigenvalue weighted by Gasteiger charge is 2.23. The first-order chi connectivity index (χ1) is 12.6. The predicted molar refractivity (Wildman–Crippen MR) is 93.9 cm³/mol. The number of aromatic hydroxyl groups is 1. The average molecular weight is 394 g/mol. The summed E-state index contributed by atoms with van der Waals surface area (Å²) in [6, 6.07) is 8.80. The molecule has 0 amide bonds. The Morgan fingerprint density at radius 2 is 1.74 bits per heavy atom. The Labute approximate surface area is 153 Å². The molecule has 0 unspecified atom stereocenters. The Kier molecular flexibility index (Phi) is 6.22. The third-order valence-electron chi connectivity index (χ3n) is 3.59. The first kappa shape index (κ1) is 20.4. The van der Waals surface area contributed by atoms with Crippen LogP contribution in [0.25, 0.3) is 0 Å². The lowest BCUT2D eigenvalue weighted by Crippen LogP contribution is -2.55. The third kappa shape index (κ3) is 5.55. The van der Waals surface area contributed by atoms with Gasteiger partial charge in [-0.05, 0) is 13.0 Å². The van der Waals surface area contributed by atoms with Gasteiger partial charge in [0.15, 0.2) is 11.5 Å². The van der Waals surface area contributed by atoms with Crippen LogP contribution in [0.4, 0.5) is 5.69 Å². The van der Waals surface area contributed by atoms with E-state index in [1.165, 1.54) is 5.18 Å². The summed E-state index contributed by atoms with van der Waals surface area (Å²) in [6.07, 6.45) is -1.35. The molecule has 0 aliphatic carbocycles. The van der Waals surface area contributed by atoms with Gasteiger partial charge in [-0.3, -0.25) is 14.2 Å². The Morgan fingerprint density at radius 1 is 1.11 bits per heavy atom. The van der Waals surface area contributed by atoms with Crippen molar-refractivity contribution in [2.45, 2.75) is 13.3 Å². The lowest BCUT2D eigenvalue weighted by atomic mass is 10.0. The number of ketones is 1. The van der Waals surface area contributed by atoms with Gasteiger partial charge in [-0.1, -0.05) is 29.8 Å². The second-order valence-electron chi connectivity index (χ2n) is 5.78. The second-order valence-corrected chi connectivity index (χ2v) is 7.56. The molecule has 9 nitrogen and oxygen atoms in total. The number of carbonyl (C=O) groups is 2. The van der Waals surface area contributed by atoms with E-state index in [-0.39, 0.29) is 11.3 Å². The molecule has 2 aromatic rings. The molecule has 0 aliphatic heterocycles. The molecule has 0 aromatic heterocycles. The number of benzene rings is 2. The van der Waals surface area contributed by atoms with Crippen molar-refractivity contribution in [2.24, 2.45) is 0 Å².